The minimum atomic E-state index is -0.805. The summed E-state index contributed by atoms with van der Waals surface area (Å²) in [5.74, 6) is -0.154. The molecule has 0 unspecified atom stereocenters. The topological polar surface area (TPSA) is 70.6 Å². The first-order chi connectivity index (χ1) is 10.2. The standard InChI is InChI=1S/C15H21ClN2O3/c16-13-6-2-1-5-12(13)14(19)9-18-15(20)10-17-8-11-4-3-7-21-11/h1-2,5-6,11,14,17,19H,3-4,7-10H2,(H,18,20)/t11-,14+/m0/s1. The van der Waals surface area contributed by atoms with Crippen molar-refractivity contribution in [2.75, 3.05) is 26.2 Å². The Labute approximate surface area is 129 Å². The van der Waals surface area contributed by atoms with Gasteiger partial charge in [0.2, 0.25) is 5.91 Å². The van der Waals surface area contributed by atoms with Gasteiger partial charge in [0.1, 0.15) is 0 Å². The van der Waals surface area contributed by atoms with Gasteiger partial charge in [-0.1, -0.05) is 29.8 Å². The van der Waals surface area contributed by atoms with Crippen molar-refractivity contribution in [1.29, 1.82) is 0 Å². The largest absolute Gasteiger partial charge is 0.387 e. The lowest BCUT2D eigenvalue weighted by atomic mass is 10.1. The lowest BCUT2D eigenvalue weighted by molar-refractivity contribution is -0.120. The van der Waals surface area contributed by atoms with Gasteiger partial charge in [0.25, 0.3) is 0 Å². The molecule has 1 aromatic rings. The zero-order chi connectivity index (χ0) is 15.1. The van der Waals surface area contributed by atoms with E-state index in [1.165, 1.54) is 0 Å². The van der Waals surface area contributed by atoms with Gasteiger partial charge in [-0.2, -0.15) is 0 Å². The van der Waals surface area contributed by atoms with E-state index in [0.29, 0.717) is 17.1 Å². The van der Waals surface area contributed by atoms with Crippen LogP contribution in [0.1, 0.15) is 24.5 Å². The fourth-order valence-electron chi connectivity index (χ4n) is 2.28. The van der Waals surface area contributed by atoms with Crippen LogP contribution in [0.3, 0.4) is 0 Å². The highest BCUT2D eigenvalue weighted by Crippen LogP contribution is 2.21. The van der Waals surface area contributed by atoms with Gasteiger partial charge >= 0.3 is 0 Å². The van der Waals surface area contributed by atoms with E-state index in [0.717, 1.165) is 19.4 Å². The molecule has 1 heterocycles. The van der Waals surface area contributed by atoms with Crippen LogP contribution in [0, 0.1) is 0 Å². The van der Waals surface area contributed by atoms with Gasteiger partial charge < -0.3 is 20.5 Å². The van der Waals surface area contributed by atoms with Crippen molar-refractivity contribution >= 4 is 17.5 Å². The number of hydrogen-bond donors (Lipinski definition) is 3. The molecule has 0 bridgehead atoms. The maximum Gasteiger partial charge on any atom is 0.234 e. The average molecular weight is 313 g/mol. The van der Waals surface area contributed by atoms with E-state index in [2.05, 4.69) is 10.6 Å². The van der Waals surface area contributed by atoms with Crippen LogP contribution < -0.4 is 10.6 Å². The van der Waals surface area contributed by atoms with Crippen LogP contribution in [0.15, 0.2) is 24.3 Å². The van der Waals surface area contributed by atoms with Gasteiger partial charge in [-0.15, -0.1) is 0 Å². The molecule has 6 heteroatoms. The first kappa shape index (κ1) is 16.2. The summed E-state index contributed by atoms with van der Waals surface area (Å²) in [7, 11) is 0. The van der Waals surface area contributed by atoms with E-state index in [1.54, 1.807) is 24.3 Å². The van der Waals surface area contributed by atoms with Gasteiger partial charge in [-0.05, 0) is 18.9 Å². The Bertz CT molecular complexity index is 464. The molecule has 1 amide bonds. The number of aliphatic hydroxyl groups excluding tert-OH is 1. The van der Waals surface area contributed by atoms with Crippen LogP contribution in [0.25, 0.3) is 0 Å². The van der Waals surface area contributed by atoms with Crippen molar-refractivity contribution in [3.8, 4) is 0 Å². The van der Waals surface area contributed by atoms with E-state index in [9.17, 15) is 9.90 Å². The van der Waals surface area contributed by atoms with Gasteiger partial charge in [-0.25, -0.2) is 0 Å². The molecule has 3 N–H and O–H groups in total. The first-order valence-corrected chi connectivity index (χ1v) is 7.56. The average Bonchev–Trinajstić information content (AvgIpc) is 2.98. The summed E-state index contributed by atoms with van der Waals surface area (Å²) in [5.41, 5.74) is 0.617. The maximum atomic E-state index is 11.7. The Morgan fingerprint density at radius 3 is 3.00 bits per heavy atom. The fraction of sp³-hybridized carbons (Fsp3) is 0.533. The molecule has 0 spiro atoms. The second kappa shape index (κ2) is 8.34. The van der Waals surface area contributed by atoms with Gasteiger partial charge in [0.15, 0.2) is 0 Å². The summed E-state index contributed by atoms with van der Waals surface area (Å²) in [6.45, 7) is 1.85. The molecule has 1 aliphatic rings. The predicted molar refractivity (Wildman–Crippen MR) is 81.3 cm³/mol. The molecule has 2 rings (SSSR count). The number of nitrogens with one attached hydrogen (secondary N) is 2. The van der Waals surface area contributed by atoms with E-state index in [1.807, 2.05) is 0 Å². The van der Waals surface area contributed by atoms with Crippen molar-refractivity contribution < 1.29 is 14.6 Å². The Morgan fingerprint density at radius 2 is 2.29 bits per heavy atom. The predicted octanol–water partition coefficient (Wildman–Crippen LogP) is 1.26. The number of carbonyl (C=O) groups is 1. The summed E-state index contributed by atoms with van der Waals surface area (Å²) >= 11 is 5.99. The minimum Gasteiger partial charge on any atom is -0.387 e. The lowest BCUT2D eigenvalue weighted by Gasteiger charge is -2.14. The van der Waals surface area contributed by atoms with Gasteiger partial charge in [0, 0.05) is 30.3 Å². The molecule has 0 radical (unpaired) electrons. The van der Waals surface area contributed by atoms with Crippen molar-refractivity contribution in [1.82, 2.24) is 10.6 Å². The van der Waals surface area contributed by atoms with Crippen LogP contribution >= 0.6 is 11.6 Å². The Balaban J connectivity index is 1.65. The molecule has 0 aromatic heterocycles. The first-order valence-electron chi connectivity index (χ1n) is 7.18. The van der Waals surface area contributed by atoms with Crippen molar-refractivity contribution in [2.24, 2.45) is 0 Å². The van der Waals surface area contributed by atoms with E-state index >= 15 is 0 Å². The molecular formula is C15H21ClN2O3. The normalized spacial score (nSPS) is 19.4. The highest BCUT2D eigenvalue weighted by molar-refractivity contribution is 6.31. The van der Waals surface area contributed by atoms with Crippen LogP contribution in [0.4, 0.5) is 0 Å². The molecule has 0 aliphatic carbocycles. The third kappa shape index (κ3) is 5.28. The quantitative estimate of drug-likeness (QED) is 0.709. The number of hydrogen-bond acceptors (Lipinski definition) is 4. The third-order valence-corrected chi connectivity index (χ3v) is 3.78. The monoisotopic (exact) mass is 312 g/mol. The Kier molecular flexibility index (Phi) is 6.45. The van der Waals surface area contributed by atoms with Crippen LogP contribution in [-0.4, -0.2) is 43.4 Å². The van der Waals surface area contributed by atoms with E-state index in [-0.39, 0.29) is 25.1 Å². The van der Waals surface area contributed by atoms with Crippen LogP contribution in [-0.2, 0) is 9.53 Å². The number of carbonyl (C=O) groups excluding carboxylic acids is 1. The van der Waals surface area contributed by atoms with Crippen LogP contribution in [0.5, 0.6) is 0 Å². The summed E-state index contributed by atoms with van der Waals surface area (Å²) in [6.07, 6.45) is 1.54. The van der Waals surface area contributed by atoms with Crippen molar-refractivity contribution in [2.45, 2.75) is 25.0 Å². The fourth-order valence-corrected chi connectivity index (χ4v) is 2.54. The van der Waals surface area contributed by atoms with Gasteiger partial charge in [0.05, 0.1) is 18.8 Å². The Hall–Kier alpha value is -1.14. The van der Waals surface area contributed by atoms with E-state index in [4.69, 9.17) is 16.3 Å². The summed E-state index contributed by atoms with van der Waals surface area (Å²) in [6, 6.07) is 7.06. The second-order valence-corrected chi connectivity index (χ2v) is 5.51. The highest BCUT2D eigenvalue weighted by Gasteiger charge is 2.16. The number of halogens is 1. The molecule has 1 saturated heterocycles. The molecule has 1 fully saturated rings. The number of aliphatic hydroxyl groups is 1. The highest BCUT2D eigenvalue weighted by atomic mass is 35.5. The minimum absolute atomic E-state index is 0.143. The van der Waals surface area contributed by atoms with Gasteiger partial charge in [-0.3, -0.25) is 4.79 Å². The SMILES string of the molecule is O=C(CNC[C@@H]1CCCO1)NC[C@@H](O)c1ccccc1Cl. The van der Waals surface area contributed by atoms with Crippen LogP contribution in [0.2, 0.25) is 5.02 Å². The molecule has 21 heavy (non-hydrogen) atoms. The number of rotatable bonds is 7. The number of benzene rings is 1. The van der Waals surface area contributed by atoms with Crippen molar-refractivity contribution in [3.05, 3.63) is 34.9 Å². The molecule has 1 aliphatic heterocycles. The molecule has 5 nitrogen and oxygen atoms in total. The zero-order valence-corrected chi connectivity index (χ0v) is 12.6. The summed E-state index contributed by atoms with van der Waals surface area (Å²) < 4.78 is 5.46. The van der Waals surface area contributed by atoms with E-state index < -0.39 is 6.10 Å². The molecule has 1 aromatic carbocycles. The number of amides is 1. The summed E-state index contributed by atoms with van der Waals surface area (Å²) in [4.78, 5) is 11.7. The Morgan fingerprint density at radius 1 is 1.48 bits per heavy atom. The smallest absolute Gasteiger partial charge is 0.234 e. The summed E-state index contributed by atoms with van der Waals surface area (Å²) in [5, 5.41) is 16.2. The molecule has 116 valence electrons. The molecular weight excluding hydrogens is 292 g/mol. The second-order valence-electron chi connectivity index (χ2n) is 5.11. The van der Waals surface area contributed by atoms with Crippen molar-refractivity contribution in [3.63, 3.8) is 0 Å². The molecule has 2 atom stereocenters. The molecule has 0 saturated carbocycles. The third-order valence-electron chi connectivity index (χ3n) is 3.44. The zero-order valence-electron chi connectivity index (χ0n) is 11.8. The number of ether oxygens (including phenoxy) is 1. The maximum absolute atomic E-state index is 11.7. The lowest BCUT2D eigenvalue weighted by Crippen LogP contribution is -2.38.